The largest absolute Gasteiger partial charge is 0.482 e. The molecule has 0 spiro atoms. The average Bonchev–Trinajstić information content (AvgIpc) is 2.86. The van der Waals surface area contributed by atoms with Crippen molar-refractivity contribution in [3.8, 4) is 5.75 Å². The Bertz CT molecular complexity index is 1350. The van der Waals surface area contributed by atoms with Crippen LogP contribution >= 0.6 is 0 Å². The van der Waals surface area contributed by atoms with Crippen LogP contribution in [-0.4, -0.2) is 29.0 Å². The lowest BCUT2D eigenvalue weighted by Gasteiger charge is -2.34. The summed E-state index contributed by atoms with van der Waals surface area (Å²) in [4.78, 5) is 41.7. The number of halogens is 3. The zero-order valence-corrected chi connectivity index (χ0v) is 20.7. The summed E-state index contributed by atoms with van der Waals surface area (Å²) in [5.74, 6) is -2.68. The predicted molar refractivity (Wildman–Crippen MR) is 131 cm³/mol. The van der Waals surface area contributed by atoms with Crippen LogP contribution in [0, 0.1) is 16.0 Å². The van der Waals surface area contributed by atoms with Crippen molar-refractivity contribution in [2.24, 2.45) is 10.9 Å². The van der Waals surface area contributed by atoms with Crippen molar-refractivity contribution in [2.75, 3.05) is 6.61 Å². The van der Waals surface area contributed by atoms with Crippen LogP contribution in [0.3, 0.4) is 0 Å². The van der Waals surface area contributed by atoms with Crippen LogP contribution in [0.15, 0.2) is 58.7 Å². The fourth-order valence-corrected chi connectivity index (χ4v) is 4.89. The summed E-state index contributed by atoms with van der Waals surface area (Å²) in [6, 6.07) is 8.58. The Labute approximate surface area is 216 Å². The number of carbonyl (C=O) groups is 2. The molecule has 0 amide bonds. The molecule has 0 radical (unpaired) electrons. The molecule has 0 saturated heterocycles. The second kappa shape index (κ2) is 10.8. The first kappa shape index (κ1) is 27.0. The van der Waals surface area contributed by atoms with Crippen molar-refractivity contribution in [3.63, 3.8) is 0 Å². The molecular formula is C27H25F3N2O6. The molecule has 2 aliphatic rings. The lowest BCUT2D eigenvalue weighted by molar-refractivity contribution is -0.386. The standard InChI is InChI=1S/C27H25F3N2O6/c1-3-37-26(34)23-15(2)31-19-8-5-9-21(33)25(19)24(23)17-10-11-22(20(13-17)32(35)36)38-14-16-6-4-7-18(12-16)27(28,29)30/h4,6-7,10-13,23-24H,3,5,8-9,14H2,1-2H3/t23?,24-/m1/s1. The maximum atomic E-state index is 13.0. The SMILES string of the molecule is CCOC(=O)C1C(C)=NC2=C(C(=O)CCC2)[C@@H]1c1ccc(OCc2cccc(C(F)(F)F)c2)c([N+](=O)[O-])c1. The third-order valence-electron chi connectivity index (χ3n) is 6.56. The Morgan fingerprint density at radius 3 is 2.63 bits per heavy atom. The van der Waals surface area contributed by atoms with E-state index in [9.17, 15) is 32.9 Å². The monoisotopic (exact) mass is 530 g/mol. The molecule has 0 fully saturated rings. The number of benzene rings is 2. The maximum absolute atomic E-state index is 13.0. The number of alkyl halides is 3. The lowest BCUT2D eigenvalue weighted by atomic mass is 9.71. The smallest absolute Gasteiger partial charge is 0.416 e. The van der Waals surface area contributed by atoms with E-state index in [1.165, 1.54) is 30.3 Å². The van der Waals surface area contributed by atoms with Crippen LogP contribution in [0.2, 0.25) is 0 Å². The third kappa shape index (κ3) is 5.46. The van der Waals surface area contributed by atoms with Gasteiger partial charge in [0.1, 0.15) is 12.5 Å². The molecule has 11 heteroatoms. The first-order valence-electron chi connectivity index (χ1n) is 12.1. The number of rotatable bonds is 7. The summed E-state index contributed by atoms with van der Waals surface area (Å²) >= 11 is 0. The zero-order chi connectivity index (χ0) is 27.6. The van der Waals surface area contributed by atoms with Gasteiger partial charge in [-0.25, -0.2) is 0 Å². The summed E-state index contributed by atoms with van der Waals surface area (Å²) in [6.07, 6.45) is -3.09. The summed E-state index contributed by atoms with van der Waals surface area (Å²) < 4.78 is 49.9. The predicted octanol–water partition coefficient (Wildman–Crippen LogP) is 5.94. The van der Waals surface area contributed by atoms with Crippen molar-refractivity contribution in [2.45, 2.75) is 51.8 Å². The van der Waals surface area contributed by atoms with E-state index >= 15 is 0 Å². The highest BCUT2D eigenvalue weighted by molar-refractivity contribution is 6.08. The van der Waals surface area contributed by atoms with Gasteiger partial charge in [0.25, 0.3) is 0 Å². The normalized spacial score (nSPS) is 19.5. The number of Topliss-reactive ketones (excluding diaryl/α,β-unsaturated/α-hetero) is 1. The van der Waals surface area contributed by atoms with Crippen molar-refractivity contribution >= 4 is 23.2 Å². The Morgan fingerprint density at radius 2 is 1.95 bits per heavy atom. The van der Waals surface area contributed by atoms with Gasteiger partial charge in [0.2, 0.25) is 0 Å². The van der Waals surface area contributed by atoms with Crippen LogP contribution in [-0.2, 0) is 27.1 Å². The van der Waals surface area contributed by atoms with Crippen LogP contribution in [0.25, 0.3) is 0 Å². The summed E-state index contributed by atoms with van der Waals surface area (Å²) in [5, 5.41) is 12.0. The van der Waals surface area contributed by atoms with E-state index in [1.807, 2.05) is 0 Å². The van der Waals surface area contributed by atoms with Gasteiger partial charge in [-0.05, 0) is 56.0 Å². The number of hydrogen-bond donors (Lipinski definition) is 0. The maximum Gasteiger partial charge on any atom is 0.416 e. The molecule has 1 heterocycles. The molecule has 4 rings (SSSR count). The van der Waals surface area contributed by atoms with E-state index in [1.54, 1.807) is 13.8 Å². The number of nitrogens with zero attached hydrogens (tertiary/aromatic N) is 2. The van der Waals surface area contributed by atoms with Gasteiger partial charge in [0.05, 0.1) is 17.1 Å². The lowest BCUT2D eigenvalue weighted by Crippen LogP contribution is -2.37. The molecule has 200 valence electrons. The van der Waals surface area contributed by atoms with Gasteiger partial charge in [0.15, 0.2) is 11.5 Å². The minimum Gasteiger partial charge on any atom is -0.482 e. The van der Waals surface area contributed by atoms with Gasteiger partial charge in [-0.2, -0.15) is 13.2 Å². The molecule has 8 nitrogen and oxygen atoms in total. The molecule has 2 atom stereocenters. The zero-order valence-electron chi connectivity index (χ0n) is 20.7. The number of esters is 1. The molecule has 1 aliphatic heterocycles. The van der Waals surface area contributed by atoms with Gasteiger partial charge >= 0.3 is 17.8 Å². The summed E-state index contributed by atoms with van der Waals surface area (Å²) in [6.45, 7) is 3.09. The van der Waals surface area contributed by atoms with Gasteiger partial charge < -0.3 is 9.47 Å². The van der Waals surface area contributed by atoms with E-state index in [4.69, 9.17) is 9.47 Å². The molecule has 0 bridgehead atoms. The molecule has 38 heavy (non-hydrogen) atoms. The number of ketones is 1. The van der Waals surface area contributed by atoms with E-state index < -0.39 is 40.2 Å². The van der Waals surface area contributed by atoms with E-state index in [2.05, 4.69) is 4.99 Å². The van der Waals surface area contributed by atoms with Crippen LogP contribution in [0.5, 0.6) is 5.75 Å². The molecule has 0 saturated carbocycles. The van der Waals surface area contributed by atoms with Crippen molar-refractivity contribution in [1.29, 1.82) is 0 Å². The minimum atomic E-state index is -4.54. The Hall–Kier alpha value is -4.02. The van der Waals surface area contributed by atoms with Crippen LogP contribution in [0.4, 0.5) is 18.9 Å². The fourth-order valence-electron chi connectivity index (χ4n) is 4.89. The van der Waals surface area contributed by atoms with Crippen LogP contribution in [0.1, 0.15) is 55.7 Å². The first-order chi connectivity index (χ1) is 18.0. The van der Waals surface area contributed by atoms with Crippen LogP contribution < -0.4 is 4.74 Å². The molecule has 1 aliphatic carbocycles. The Morgan fingerprint density at radius 1 is 1.18 bits per heavy atom. The molecule has 0 aromatic heterocycles. The summed E-state index contributed by atoms with van der Waals surface area (Å²) in [7, 11) is 0. The highest BCUT2D eigenvalue weighted by Gasteiger charge is 2.43. The number of hydrogen-bond acceptors (Lipinski definition) is 7. The number of ether oxygens (including phenoxy) is 2. The van der Waals surface area contributed by atoms with Gasteiger partial charge in [0, 0.05) is 35.4 Å². The van der Waals surface area contributed by atoms with E-state index in [0.717, 1.165) is 12.1 Å². The molecule has 1 unspecified atom stereocenters. The number of allylic oxidation sites excluding steroid dienone is 2. The molecule has 2 aromatic rings. The third-order valence-corrected chi connectivity index (χ3v) is 6.56. The second-order valence-corrected chi connectivity index (χ2v) is 9.07. The molecule has 2 aromatic carbocycles. The highest BCUT2D eigenvalue weighted by atomic mass is 19.4. The van der Waals surface area contributed by atoms with Crippen molar-refractivity contribution < 1.29 is 37.2 Å². The number of carbonyl (C=O) groups excluding carboxylic acids is 2. The number of aliphatic imine (C=N–C) groups is 1. The quantitative estimate of drug-likeness (QED) is 0.249. The van der Waals surface area contributed by atoms with Gasteiger partial charge in [-0.1, -0.05) is 18.2 Å². The number of nitro benzene ring substituents is 1. The van der Waals surface area contributed by atoms with Crippen molar-refractivity contribution in [1.82, 2.24) is 0 Å². The number of nitro groups is 1. The average molecular weight is 530 g/mol. The van der Waals surface area contributed by atoms with E-state index in [-0.39, 0.29) is 36.7 Å². The fraction of sp³-hybridized carbons (Fsp3) is 0.370. The first-order valence-corrected chi connectivity index (χ1v) is 12.1. The molecule has 0 N–H and O–H groups in total. The highest BCUT2D eigenvalue weighted by Crippen LogP contribution is 2.45. The van der Waals surface area contributed by atoms with Gasteiger partial charge in [-0.3, -0.25) is 24.7 Å². The molecular weight excluding hydrogens is 505 g/mol. The van der Waals surface area contributed by atoms with Gasteiger partial charge in [-0.15, -0.1) is 0 Å². The van der Waals surface area contributed by atoms with E-state index in [0.29, 0.717) is 35.4 Å². The summed E-state index contributed by atoms with van der Waals surface area (Å²) in [5.41, 5.74) is 0.602. The second-order valence-electron chi connectivity index (χ2n) is 9.07. The van der Waals surface area contributed by atoms with Crippen molar-refractivity contribution in [3.05, 3.63) is 80.5 Å². The Balaban J connectivity index is 1.71. The Kier molecular flexibility index (Phi) is 7.66. The minimum absolute atomic E-state index is 0.109. The topological polar surface area (TPSA) is 108 Å².